The lowest BCUT2D eigenvalue weighted by Gasteiger charge is -2.22. The molecule has 1 saturated heterocycles. The number of benzene rings is 1. The molecule has 1 aliphatic rings. The third-order valence-corrected chi connectivity index (χ3v) is 4.50. The van der Waals surface area contributed by atoms with Crippen LogP contribution in [-0.2, 0) is 0 Å². The topological polar surface area (TPSA) is 37.8 Å². The fourth-order valence-corrected chi connectivity index (χ4v) is 3.08. The van der Waals surface area contributed by atoms with Crippen LogP contribution in [0.2, 0.25) is 0 Å². The molecule has 2 aromatic rings. The predicted octanol–water partition coefficient (Wildman–Crippen LogP) is 3.54. The molecule has 0 bridgehead atoms. The normalized spacial score (nSPS) is 16.1. The van der Waals surface area contributed by atoms with Crippen LogP contribution in [0.4, 0.5) is 0 Å². The molecule has 110 valence electrons. The number of piperidine rings is 1. The van der Waals surface area contributed by atoms with E-state index in [4.69, 9.17) is 4.98 Å². The minimum Gasteiger partial charge on any atom is -0.317 e. The second-order valence-corrected chi connectivity index (χ2v) is 6.00. The molecule has 1 aromatic heterocycles. The third-order valence-electron chi connectivity index (χ3n) is 4.50. The van der Waals surface area contributed by atoms with Gasteiger partial charge in [0.25, 0.3) is 0 Å². The quantitative estimate of drug-likeness (QED) is 0.915. The zero-order valence-corrected chi connectivity index (χ0v) is 13.1. The number of aryl methyl sites for hydroxylation is 2. The molecule has 3 heteroatoms. The van der Waals surface area contributed by atoms with Gasteiger partial charge >= 0.3 is 0 Å². The van der Waals surface area contributed by atoms with Crippen LogP contribution in [-0.4, -0.2) is 23.1 Å². The Morgan fingerprint density at radius 3 is 2.57 bits per heavy atom. The van der Waals surface area contributed by atoms with Gasteiger partial charge in [0, 0.05) is 17.2 Å². The molecule has 0 atom stereocenters. The molecule has 3 rings (SSSR count). The monoisotopic (exact) mass is 281 g/mol. The summed E-state index contributed by atoms with van der Waals surface area (Å²) < 4.78 is 0. The molecule has 21 heavy (non-hydrogen) atoms. The summed E-state index contributed by atoms with van der Waals surface area (Å²) in [4.78, 5) is 9.37. The Kier molecular flexibility index (Phi) is 4.02. The summed E-state index contributed by atoms with van der Waals surface area (Å²) in [5.41, 5.74) is 6.13. The Balaban J connectivity index is 2.03. The highest BCUT2D eigenvalue weighted by Crippen LogP contribution is 2.29. The van der Waals surface area contributed by atoms with Gasteiger partial charge in [0.15, 0.2) is 0 Å². The molecule has 3 nitrogen and oxygen atoms in total. The van der Waals surface area contributed by atoms with Crippen molar-refractivity contribution in [2.24, 2.45) is 0 Å². The maximum atomic E-state index is 4.70. The van der Waals surface area contributed by atoms with Crippen LogP contribution in [0.1, 0.15) is 41.4 Å². The molecule has 0 amide bonds. The molecular formula is C18H23N3. The van der Waals surface area contributed by atoms with Gasteiger partial charge in [-0.05, 0) is 63.9 Å². The lowest BCUT2D eigenvalue weighted by Crippen LogP contribution is -2.27. The van der Waals surface area contributed by atoms with Crippen molar-refractivity contribution in [2.75, 3.05) is 13.1 Å². The minimum absolute atomic E-state index is 0.566. The molecule has 1 fully saturated rings. The van der Waals surface area contributed by atoms with Crippen LogP contribution >= 0.6 is 0 Å². The van der Waals surface area contributed by atoms with E-state index in [0.717, 1.165) is 24.6 Å². The molecule has 1 aromatic carbocycles. The first kappa shape index (κ1) is 14.2. The van der Waals surface area contributed by atoms with Crippen molar-refractivity contribution in [3.63, 3.8) is 0 Å². The summed E-state index contributed by atoms with van der Waals surface area (Å²) in [7, 11) is 0. The van der Waals surface area contributed by atoms with E-state index in [0.29, 0.717) is 5.92 Å². The van der Waals surface area contributed by atoms with E-state index in [-0.39, 0.29) is 0 Å². The number of nitrogens with zero attached hydrogens (tertiary/aromatic N) is 2. The van der Waals surface area contributed by atoms with Crippen LogP contribution in [0, 0.1) is 20.8 Å². The highest BCUT2D eigenvalue weighted by atomic mass is 14.9. The molecule has 0 radical (unpaired) electrons. The van der Waals surface area contributed by atoms with Crippen molar-refractivity contribution >= 4 is 0 Å². The third kappa shape index (κ3) is 2.98. The highest BCUT2D eigenvalue weighted by Gasteiger charge is 2.18. The van der Waals surface area contributed by atoms with Crippen LogP contribution in [0.25, 0.3) is 11.3 Å². The van der Waals surface area contributed by atoms with Crippen molar-refractivity contribution in [3.05, 3.63) is 46.9 Å². The maximum Gasteiger partial charge on any atom is 0.126 e. The van der Waals surface area contributed by atoms with Gasteiger partial charge < -0.3 is 5.32 Å². The van der Waals surface area contributed by atoms with Gasteiger partial charge in [-0.25, -0.2) is 9.97 Å². The van der Waals surface area contributed by atoms with E-state index in [9.17, 15) is 0 Å². The largest absolute Gasteiger partial charge is 0.317 e. The van der Waals surface area contributed by atoms with Gasteiger partial charge in [-0.3, -0.25) is 0 Å². The van der Waals surface area contributed by atoms with Gasteiger partial charge in [-0.1, -0.05) is 18.2 Å². The first-order valence-electron chi connectivity index (χ1n) is 7.78. The SMILES string of the molecule is Cc1nc(-c2cccc(C)c2C)cc(C2CCNCC2)n1. The molecule has 0 saturated carbocycles. The number of nitrogens with one attached hydrogen (secondary N) is 1. The van der Waals surface area contributed by atoms with E-state index in [2.05, 4.69) is 48.4 Å². The van der Waals surface area contributed by atoms with Crippen LogP contribution < -0.4 is 5.32 Å². The molecule has 2 heterocycles. The lowest BCUT2D eigenvalue weighted by atomic mass is 9.92. The van der Waals surface area contributed by atoms with Crippen molar-refractivity contribution in [1.29, 1.82) is 0 Å². The van der Waals surface area contributed by atoms with Crippen molar-refractivity contribution < 1.29 is 0 Å². The Labute approximate surface area is 126 Å². The Bertz CT molecular complexity index is 643. The van der Waals surface area contributed by atoms with Gasteiger partial charge in [0.05, 0.1) is 5.69 Å². The molecule has 0 aliphatic carbocycles. The summed E-state index contributed by atoms with van der Waals surface area (Å²) >= 11 is 0. The number of hydrogen-bond acceptors (Lipinski definition) is 3. The Morgan fingerprint density at radius 1 is 1.05 bits per heavy atom. The van der Waals surface area contributed by atoms with Gasteiger partial charge in [-0.2, -0.15) is 0 Å². The zero-order valence-electron chi connectivity index (χ0n) is 13.1. The molecule has 1 N–H and O–H groups in total. The fraction of sp³-hybridized carbons (Fsp3) is 0.444. The molecular weight excluding hydrogens is 258 g/mol. The first-order chi connectivity index (χ1) is 10.1. The second-order valence-electron chi connectivity index (χ2n) is 6.00. The van der Waals surface area contributed by atoms with Crippen molar-refractivity contribution in [3.8, 4) is 11.3 Å². The summed E-state index contributed by atoms with van der Waals surface area (Å²) in [5.74, 6) is 1.44. The van der Waals surface area contributed by atoms with Crippen molar-refractivity contribution in [1.82, 2.24) is 15.3 Å². The highest BCUT2D eigenvalue weighted by molar-refractivity contribution is 5.65. The van der Waals surface area contributed by atoms with E-state index in [1.165, 1.54) is 35.2 Å². The van der Waals surface area contributed by atoms with E-state index >= 15 is 0 Å². The van der Waals surface area contributed by atoms with Crippen LogP contribution in [0.15, 0.2) is 24.3 Å². The zero-order chi connectivity index (χ0) is 14.8. The number of hydrogen-bond donors (Lipinski definition) is 1. The van der Waals surface area contributed by atoms with Crippen molar-refractivity contribution in [2.45, 2.75) is 39.5 Å². The number of aromatic nitrogens is 2. The smallest absolute Gasteiger partial charge is 0.126 e. The van der Waals surface area contributed by atoms with E-state index < -0.39 is 0 Å². The Hall–Kier alpha value is -1.74. The second kappa shape index (κ2) is 5.94. The fourth-order valence-electron chi connectivity index (χ4n) is 3.08. The lowest BCUT2D eigenvalue weighted by molar-refractivity contribution is 0.452. The van der Waals surface area contributed by atoms with Gasteiger partial charge in [-0.15, -0.1) is 0 Å². The standard InChI is InChI=1S/C18H23N3/c1-12-5-4-6-16(13(12)2)18-11-17(20-14(3)21-18)15-7-9-19-10-8-15/h4-6,11,15,19H,7-10H2,1-3H3. The van der Waals surface area contributed by atoms with Gasteiger partial charge in [0.2, 0.25) is 0 Å². The Morgan fingerprint density at radius 2 is 1.81 bits per heavy atom. The average Bonchev–Trinajstić information content (AvgIpc) is 2.50. The summed E-state index contributed by atoms with van der Waals surface area (Å²) in [6.07, 6.45) is 2.34. The maximum absolute atomic E-state index is 4.70. The minimum atomic E-state index is 0.566. The van der Waals surface area contributed by atoms with Crippen LogP contribution in [0.3, 0.4) is 0 Å². The van der Waals surface area contributed by atoms with Gasteiger partial charge in [0.1, 0.15) is 5.82 Å². The first-order valence-corrected chi connectivity index (χ1v) is 7.78. The molecule has 0 unspecified atom stereocenters. The predicted molar refractivity (Wildman–Crippen MR) is 86.5 cm³/mol. The van der Waals surface area contributed by atoms with E-state index in [1.54, 1.807) is 0 Å². The molecule has 1 aliphatic heterocycles. The summed E-state index contributed by atoms with van der Waals surface area (Å²) in [5, 5.41) is 3.42. The summed E-state index contributed by atoms with van der Waals surface area (Å²) in [6, 6.07) is 8.63. The van der Waals surface area contributed by atoms with E-state index in [1.807, 2.05) is 6.92 Å². The molecule has 0 spiro atoms. The van der Waals surface area contributed by atoms with Crippen LogP contribution in [0.5, 0.6) is 0 Å². The summed E-state index contributed by atoms with van der Waals surface area (Å²) in [6.45, 7) is 8.51. The average molecular weight is 281 g/mol. The number of rotatable bonds is 2.